The minimum Gasteiger partial charge on any atom is -0.481 e. The molecule has 0 rings (SSSR count). The second-order valence-corrected chi connectivity index (χ2v) is 4.47. The van der Waals surface area contributed by atoms with Crippen LogP contribution in [0.5, 0.6) is 0 Å². The van der Waals surface area contributed by atoms with E-state index < -0.39 is 5.97 Å². The van der Waals surface area contributed by atoms with E-state index in [-0.39, 0.29) is 18.4 Å². The average molecular weight is 203 g/mol. The zero-order chi connectivity index (χ0) is 11.4. The van der Waals surface area contributed by atoms with Gasteiger partial charge in [-0.1, -0.05) is 0 Å². The smallest absolute Gasteiger partial charge is 0.305 e. The number of carboxylic acid groups (broad SMARTS) is 1. The highest BCUT2D eigenvalue weighted by Crippen LogP contribution is 1.99. The summed E-state index contributed by atoms with van der Waals surface area (Å²) >= 11 is 0. The molecule has 14 heavy (non-hydrogen) atoms. The number of aliphatic carboxylic acids is 1. The molecule has 0 aromatic rings. The van der Waals surface area contributed by atoms with Gasteiger partial charge < -0.3 is 14.9 Å². The van der Waals surface area contributed by atoms with Crippen LogP contribution in [-0.2, 0) is 9.59 Å². The summed E-state index contributed by atoms with van der Waals surface area (Å²) < 4.78 is 0.623. The molecule has 2 N–H and O–H groups in total. The highest BCUT2D eigenvalue weighted by Gasteiger charge is 2.21. The molecule has 5 nitrogen and oxygen atoms in total. The molecule has 0 aliphatic rings. The zero-order valence-electron chi connectivity index (χ0n) is 9.20. The predicted octanol–water partition coefficient (Wildman–Crippen LogP) is -0.328. The zero-order valence-corrected chi connectivity index (χ0v) is 9.20. The first-order valence-electron chi connectivity index (χ1n) is 4.50. The monoisotopic (exact) mass is 203 g/mol. The largest absolute Gasteiger partial charge is 0.481 e. The first kappa shape index (κ1) is 12.9. The fraction of sp³-hybridized carbons (Fsp3) is 0.778. The van der Waals surface area contributed by atoms with Crippen LogP contribution in [0.4, 0.5) is 0 Å². The predicted molar refractivity (Wildman–Crippen MR) is 52.8 cm³/mol. The van der Waals surface area contributed by atoms with Gasteiger partial charge in [0.15, 0.2) is 0 Å². The fourth-order valence-electron chi connectivity index (χ4n) is 1.32. The van der Waals surface area contributed by atoms with Crippen LogP contribution in [0.3, 0.4) is 0 Å². The molecule has 0 aliphatic carbocycles. The molecule has 0 heterocycles. The van der Waals surface area contributed by atoms with Crippen molar-refractivity contribution >= 4 is 11.9 Å². The summed E-state index contributed by atoms with van der Waals surface area (Å²) in [5, 5.41) is 11.3. The Labute approximate surface area is 84.3 Å². The van der Waals surface area contributed by atoms with Crippen LogP contribution in [0.25, 0.3) is 0 Å². The summed E-state index contributed by atoms with van der Waals surface area (Å²) in [7, 11) is 5.87. The Bertz CT molecular complexity index is 205. The molecular weight excluding hydrogens is 184 g/mol. The number of hydrogen-bond donors (Lipinski definition) is 2. The molecule has 5 heteroatoms. The van der Waals surface area contributed by atoms with Gasteiger partial charge in [0.2, 0.25) is 5.91 Å². The SMILES string of the molecule is CC(=O)NC(CC(=O)O)C[N+](C)(C)C. The minimum atomic E-state index is -0.891. The Morgan fingerprint density at radius 3 is 2.14 bits per heavy atom. The van der Waals surface area contributed by atoms with Crippen LogP contribution in [0.1, 0.15) is 13.3 Å². The summed E-state index contributed by atoms with van der Waals surface area (Å²) in [4.78, 5) is 21.3. The quantitative estimate of drug-likeness (QED) is 0.601. The Kier molecular flexibility index (Phi) is 4.56. The number of quaternary nitrogens is 1. The fourth-order valence-corrected chi connectivity index (χ4v) is 1.32. The molecule has 0 saturated carbocycles. The number of likely N-dealkylation sites (N-methyl/N-ethyl adjacent to an activating group) is 1. The molecule has 82 valence electrons. The Morgan fingerprint density at radius 1 is 1.36 bits per heavy atom. The molecule has 1 atom stereocenters. The second-order valence-electron chi connectivity index (χ2n) is 4.47. The lowest BCUT2D eigenvalue weighted by atomic mass is 10.2. The summed E-state index contributed by atoms with van der Waals surface area (Å²) in [5.41, 5.74) is 0. The van der Waals surface area contributed by atoms with E-state index >= 15 is 0 Å². The van der Waals surface area contributed by atoms with Gasteiger partial charge in [-0.3, -0.25) is 9.59 Å². The number of nitrogens with one attached hydrogen (secondary N) is 1. The van der Waals surface area contributed by atoms with Gasteiger partial charge in [0.25, 0.3) is 0 Å². The van der Waals surface area contributed by atoms with E-state index in [0.29, 0.717) is 11.0 Å². The van der Waals surface area contributed by atoms with E-state index in [4.69, 9.17) is 5.11 Å². The van der Waals surface area contributed by atoms with Crippen LogP contribution < -0.4 is 5.32 Å². The number of nitrogens with zero attached hydrogens (tertiary/aromatic N) is 1. The first-order valence-corrected chi connectivity index (χ1v) is 4.50. The molecule has 0 spiro atoms. The number of carbonyl (C=O) groups excluding carboxylic acids is 1. The van der Waals surface area contributed by atoms with E-state index in [0.717, 1.165) is 0 Å². The van der Waals surface area contributed by atoms with Crippen molar-refractivity contribution in [3.8, 4) is 0 Å². The average Bonchev–Trinajstić information content (AvgIpc) is 1.77. The molecule has 0 radical (unpaired) electrons. The van der Waals surface area contributed by atoms with Crippen LogP contribution in [0, 0.1) is 0 Å². The maximum Gasteiger partial charge on any atom is 0.305 e. The third-order valence-electron chi connectivity index (χ3n) is 1.60. The maximum absolute atomic E-state index is 10.8. The Balaban J connectivity index is 4.24. The van der Waals surface area contributed by atoms with Crippen molar-refractivity contribution in [3.05, 3.63) is 0 Å². The lowest BCUT2D eigenvalue weighted by Gasteiger charge is -2.28. The van der Waals surface area contributed by atoms with Gasteiger partial charge in [-0.15, -0.1) is 0 Å². The summed E-state index contributed by atoms with van der Waals surface area (Å²) in [6.45, 7) is 2.00. The number of rotatable bonds is 5. The highest BCUT2D eigenvalue weighted by atomic mass is 16.4. The van der Waals surface area contributed by atoms with Gasteiger partial charge in [0, 0.05) is 6.92 Å². The second kappa shape index (κ2) is 4.95. The lowest BCUT2D eigenvalue weighted by Crippen LogP contribution is -2.49. The molecule has 1 amide bonds. The first-order chi connectivity index (χ1) is 6.20. The summed E-state index contributed by atoms with van der Waals surface area (Å²) in [5.74, 6) is -1.08. The standard InChI is InChI=1S/C9H18N2O3/c1-7(12)10-8(5-9(13)14)6-11(2,3)4/h8H,5-6H2,1-4H3,(H-,10,12,13,14)/p+1. The van der Waals surface area contributed by atoms with Crippen molar-refractivity contribution < 1.29 is 19.2 Å². The van der Waals surface area contributed by atoms with Crippen LogP contribution in [0.2, 0.25) is 0 Å². The van der Waals surface area contributed by atoms with Crippen molar-refractivity contribution in [3.63, 3.8) is 0 Å². The molecular formula is C9H19N2O3+. The van der Waals surface area contributed by atoms with E-state index in [2.05, 4.69) is 5.32 Å². The Hall–Kier alpha value is -1.10. The molecule has 0 saturated heterocycles. The molecule has 0 aromatic carbocycles. The Morgan fingerprint density at radius 2 is 1.86 bits per heavy atom. The molecule has 0 aliphatic heterocycles. The third kappa shape index (κ3) is 7.54. The minimum absolute atomic E-state index is 0.0326. The molecule has 0 bridgehead atoms. The summed E-state index contributed by atoms with van der Waals surface area (Å²) in [6, 6.07) is -0.301. The van der Waals surface area contributed by atoms with Gasteiger partial charge >= 0.3 is 5.97 Å². The maximum atomic E-state index is 10.8. The van der Waals surface area contributed by atoms with Gasteiger partial charge in [-0.25, -0.2) is 0 Å². The van der Waals surface area contributed by atoms with Crippen molar-refractivity contribution in [2.45, 2.75) is 19.4 Å². The van der Waals surface area contributed by atoms with Crippen molar-refractivity contribution in [1.82, 2.24) is 5.32 Å². The van der Waals surface area contributed by atoms with E-state index in [1.807, 2.05) is 21.1 Å². The molecule has 1 unspecified atom stereocenters. The number of carboxylic acids is 1. The van der Waals surface area contributed by atoms with Crippen molar-refractivity contribution in [2.24, 2.45) is 0 Å². The lowest BCUT2D eigenvalue weighted by molar-refractivity contribution is -0.871. The van der Waals surface area contributed by atoms with Crippen LogP contribution in [-0.4, -0.2) is 55.2 Å². The number of amides is 1. The topological polar surface area (TPSA) is 66.4 Å². The third-order valence-corrected chi connectivity index (χ3v) is 1.60. The van der Waals surface area contributed by atoms with Crippen LogP contribution in [0.15, 0.2) is 0 Å². The van der Waals surface area contributed by atoms with Crippen LogP contribution >= 0.6 is 0 Å². The summed E-state index contributed by atoms with van der Waals surface area (Å²) in [6.07, 6.45) is -0.0326. The van der Waals surface area contributed by atoms with E-state index in [1.54, 1.807) is 0 Å². The molecule has 0 aromatic heterocycles. The highest BCUT2D eigenvalue weighted by molar-refractivity contribution is 5.74. The van der Waals surface area contributed by atoms with E-state index in [9.17, 15) is 9.59 Å². The number of carbonyl (C=O) groups is 2. The van der Waals surface area contributed by atoms with Crippen molar-refractivity contribution in [2.75, 3.05) is 27.7 Å². The van der Waals surface area contributed by atoms with Gasteiger partial charge in [-0.05, 0) is 0 Å². The van der Waals surface area contributed by atoms with Gasteiger partial charge in [0.05, 0.1) is 40.2 Å². The number of hydrogen-bond acceptors (Lipinski definition) is 2. The molecule has 0 fully saturated rings. The van der Waals surface area contributed by atoms with Gasteiger partial charge in [0.1, 0.15) is 0 Å². The van der Waals surface area contributed by atoms with Gasteiger partial charge in [-0.2, -0.15) is 0 Å². The van der Waals surface area contributed by atoms with Crippen molar-refractivity contribution in [1.29, 1.82) is 0 Å². The van der Waals surface area contributed by atoms with E-state index in [1.165, 1.54) is 6.92 Å². The normalized spacial score (nSPS) is 13.4.